The summed E-state index contributed by atoms with van der Waals surface area (Å²) in [6, 6.07) is 8.59. The highest BCUT2D eigenvalue weighted by Gasteiger charge is 2.66. The normalized spacial score (nSPS) is 28.0. The van der Waals surface area contributed by atoms with E-state index in [1.807, 2.05) is 6.08 Å². The molecule has 1 unspecified atom stereocenters. The fourth-order valence-corrected chi connectivity index (χ4v) is 4.34. The minimum atomic E-state index is -4.45. The third-order valence-electron chi connectivity index (χ3n) is 5.67. The van der Waals surface area contributed by atoms with Crippen LogP contribution in [0.5, 0.6) is 5.75 Å². The van der Waals surface area contributed by atoms with E-state index < -0.39 is 23.6 Å². The maximum atomic E-state index is 13.3. The molecule has 144 valence electrons. The molecule has 1 heterocycles. The zero-order valence-corrected chi connectivity index (χ0v) is 14.4. The highest BCUT2D eigenvalue weighted by molar-refractivity contribution is 5.91. The molecule has 5 rings (SSSR count). The molecule has 7 heteroatoms. The third kappa shape index (κ3) is 2.57. The van der Waals surface area contributed by atoms with Gasteiger partial charge in [0.2, 0.25) is 0 Å². The van der Waals surface area contributed by atoms with Crippen LogP contribution in [0.4, 0.5) is 13.2 Å². The summed E-state index contributed by atoms with van der Waals surface area (Å²) in [5.74, 6) is 0.256. The Morgan fingerprint density at radius 3 is 2.61 bits per heavy atom. The molecule has 4 atom stereocenters. The summed E-state index contributed by atoms with van der Waals surface area (Å²) >= 11 is 0. The summed E-state index contributed by atoms with van der Waals surface area (Å²) in [4.78, 5) is 11.2. The zero-order valence-electron chi connectivity index (χ0n) is 14.4. The number of hydrogen-bond donors (Lipinski definition) is 1. The van der Waals surface area contributed by atoms with Crippen LogP contribution >= 0.6 is 0 Å². The number of allylic oxidation sites excluding steroid dienone is 3. The second-order valence-electron chi connectivity index (χ2n) is 7.28. The lowest BCUT2D eigenvalue weighted by Crippen LogP contribution is -2.15. The summed E-state index contributed by atoms with van der Waals surface area (Å²) < 4.78 is 51.4. The average molecular weight is 388 g/mol. The predicted molar refractivity (Wildman–Crippen MR) is 93.3 cm³/mol. The number of carbonyl (C=O) groups is 1. The van der Waals surface area contributed by atoms with Gasteiger partial charge in [-0.3, -0.25) is 4.79 Å². The Bertz CT molecular complexity index is 1050. The van der Waals surface area contributed by atoms with Crippen molar-refractivity contribution in [3.63, 3.8) is 0 Å². The Labute approximate surface area is 157 Å². The molecule has 0 radical (unpaired) electrons. The third-order valence-corrected chi connectivity index (χ3v) is 5.67. The molecule has 0 aromatic heterocycles. The Morgan fingerprint density at radius 2 is 1.89 bits per heavy atom. The quantitative estimate of drug-likeness (QED) is 0.824. The first-order valence-corrected chi connectivity index (χ1v) is 8.92. The Balaban J connectivity index is 1.42. The van der Waals surface area contributed by atoms with Crippen molar-refractivity contribution in [3.8, 4) is 5.75 Å². The van der Waals surface area contributed by atoms with E-state index in [0.717, 1.165) is 6.07 Å². The van der Waals surface area contributed by atoms with Crippen LogP contribution in [-0.4, -0.2) is 17.2 Å². The van der Waals surface area contributed by atoms with Crippen LogP contribution in [0.1, 0.15) is 12.0 Å². The molecular formula is C21H15F3O4. The monoisotopic (exact) mass is 388 g/mol. The second kappa shape index (κ2) is 5.77. The summed E-state index contributed by atoms with van der Waals surface area (Å²) in [5, 5.41) is 9.61. The number of ether oxygens (including phenoxy) is 2. The molecule has 2 aliphatic carbocycles. The number of carboxylic acids is 1. The number of fused-ring (bicyclic) bond motifs is 4. The number of aliphatic carboxylic acids is 1. The van der Waals surface area contributed by atoms with Gasteiger partial charge in [0.15, 0.2) is 0 Å². The van der Waals surface area contributed by atoms with E-state index in [1.54, 1.807) is 24.3 Å². The van der Waals surface area contributed by atoms with Crippen molar-refractivity contribution in [2.24, 2.45) is 17.8 Å². The lowest BCUT2D eigenvalue weighted by atomic mass is 9.92. The van der Waals surface area contributed by atoms with Crippen LogP contribution < -0.4 is 4.74 Å². The van der Waals surface area contributed by atoms with Gasteiger partial charge in [-0.15, -0.1) is 0 Å². The molecule has 1 saturated heterocycles. The van der Waals surface area contributed by atoms with Crippen LogP contribution in [0, 0.1) is 17.8 Å². The Hall–Kier alpha value is -2.96. The van der Waals surface area contributed by atoms with Crippen LogP contribution in [0.3, 0.4) is 0 Å². The van der Waals surface area contributed by atoms with Crippen LogP contribution in [-0.2, 0) is 15.7 Å². The lowest BCUT2D eigenvalue weighted by Gasteiger charge is -2.20. The SMILES string of the molecule is O=C(O)[C@H]1[C@@H]2OC3=CC(Oc4ccc(C(F)(F)F)c5ccccc45)=CCC3[C@@H]21. The van der Waals surface area contributed by atoms with E-state index in [2.05, 4.69) is 0 Å². The predicted octanol–water partition coefficient (Wildman–Crippen LogP) is 4.75. The van der Waals surface area contributed by atoms with Crippen molar-refractivity contribution in [1.29, 1.82) is 0 Å². The van der Waals surface area contributed by atoms with E-state index in [4.69, 9.17) is 14.6 Å². The summed E-state index contributed by atoms with van der Waals surface area (Å²) in [6.45, 7) is 0. The number of alkyl halides is 3. The first kappa shape index (κ1) is 17.2. The van der Waals surface area contributed by atoms with Gasteiger partial charge in [-0.1, -0.05) is 24.3 Å². The molecule has 0 bridgehead atoms. The topological polar surface area (TPSA) is 55.8 Å². The van der Waals surface area contributed by atoms with Gasteiger partial charge in [0.25, 0.3) is 0 Å². The molecule has 28 heavy (non-hydrogen) atoms. The molecule has 2 fully saturated rings. The molecule has 0 spiro atoms. The van der Waals surface area contributed by atoms with Gasteiger partial charge in [-0.25, -0.2) is 0 Å². The molecule has 2 aromatic rings. The van der Waals surface area contributed by atoms with Crippen LogP contribution in [0.2, 0.25) is 0 Å². The highest BCUT2D eigenvalue weighted by atomic mass is 19.4. The molecule has 1 aliphatic heterocycles. The minimum Gasteiger partial charge on any atom is -0.493 e. The van der Waals surface area contributed by atoms with Gasteiger partial charge >= 0.3 is 12.1 Å². The molecule has 1 saturated carbocycles. The fraction of sp³-hybridized carbons (Fsp3) is 0.286. The van der Waals surface area contributed by atoms with Gasteiger partial charge < -0.3 is 14.6 Å². The molecule has 4 nitrogen and oxygen atoms in total. The minimum absolute atomic E-state index is 0.00607. The van der Waals surface area contributed by atoms with E-state index in [1.165, 1.54) is 12.1 Å². The fourth-order valence-electron chi connectivity index (χ4n) is 4.34. The first-order valence-electron chi connectivity index (χ1n) is 8.92. The number of benzene rings is 2. The second-order valence-corrected chi connectivity index (χ2v) is 7.28. The van der Waals surface area contributed by atoms with E-state index in [9.17, 15) is 18.0 Å². The number of halogens is 3. The van der Waals surface area contributed by atoms with Gasteiger partial charge in [-0.05, 0) is 30.0 Å². The van der Waals surface area contributed by atoms with Crippen molar-refractivity contribution in [3.05, 3.63) is 65.6 Å². The van der Waals surface area contributed by atoms with Gasteiger partial charge in [0.1, 0.15) is 29.3 Å². The van der Waals surface area contributed by atoms with Crippen molar-refractivity contribution < 1.29 is 32.5 Å². The molecule has 0 amide bonds. The number of hydrogen-bond acceptors (Lipinski definition) is 3. The van der Waals surface area contributed by atoms with Crippen molar-refractivity contribution in [2.75, 3.05) is 0 Å². The molecule has 1 N–H and O–H groups in total. The van der Waals surface area contributed by atoms with Crippen molar-refractivity contribution in [1.82, 2.24) is 0 Å². The van der Waals surface area contributed by atoms with Gasteiger partial charge in [0, 0.05) is 23.3 Å². The van der Waals surface area contributed by atoms with Crippen molar-refractivity contribution >= 4 is 16.7 Å². The Morgan fingerprint density at radius 1 is 1.14 bits per heavy atom. The van der Waals surface area contributed by atoms with E-state index in [0.29, 0.717) is 29.1 Å². The summed E-state index contributed by atoms with van der Waals surface area (Å²) in [6.07, 6.45) is -0.593. The average Bonchev–Trinajstić information content (AvgIpc) is 3.24. The van der Waals surface area contributed by atoms with Gasteiger partial charge in [0.05, 0.1) is 5.56 Å². The standard InChI is InChI=1S/C21H15F3O4/c22-21(23,24)14-7-8-15(12-4-2-1-3-11(12)14)27-10-5-6-13-16(9-10)28-19-17(13)18(19)20(25)26/h1-5,7-9,13,17-19H,6H2,(H,25,26)/t13?,17-,18-,19-/m1/s1. The number of carboxylic acid groups (broad SMARTS) is 1. The Kier molecular flexibility index (Phi) is 3.53. The summed E-state index contributed by atoms with van der Waals surface area (Å²) in [7, 11) is 0. The molecule has 3 aliphatic rings. The summed E-state index contributed by atoms with van der Waals surface area (Å²) in [5.41, 5.74) is -0.703. The van der Waals surface area contributed by atoms with Crippen LogP contribution in [0.25, 0.3) is 10.8 Å². The highest BCUT2D eigenvalue weighted by Crippen LogP contribution is 2.59. The van der Waals surface area contributed by atoms with E-state index >= 15 is 0 Å². The number of rotatable bonds is 3. The smallest absolute Gasteiger partial charge is 0.417 e. The van der Waals surface area contributed by atoms with Crippen LogP contribution in [0.15, 0.2) is 60.1 Å². The largest absolute Gasteiger partial charge is 0.493 e. The lowest BCUT2D eigenvalue weighted by molar-refractivity contribution is -0.140. The zero-order chi connectivity index (χ0) is 19.6. The molecule has 2 aromatic carbocycles. The first-order chi connectivity index (χ1) is 13.3. The maximum Gasteiger partial charge on any atom is 0.417 e. The molecular weight excluding hydrogens is 373 g/mol. The van der Waals surface area contributed by atoms with Crippen molar-refractivity contribution in [2.45, 2.75) is 18.7 Å². The van der Waals surface area contributed by atoms with Gasteiger partial charge in [-0.2, -0.15) is 13.2 Å². The maximum absolute atomic E-state index is 13.3. The van der Waals surface area contributed by atoms with E-state index in [-0.39, 0.29) is 23.3 Å².